The third kappa shape index (κ3) is 1.98. The number of hydrogen-bond donors (Lipinski definition) is 0. The molecule has 5 nitrogen and oxygen atoms in total. The summed E-state index contributed by atoms with van der Waals surface area (Å²) < 4.78 is 7.32. The van der Waals surface area contributed by atoms with Gasteiger partial charge >= 0.3 is 0 Å². The zero-order valence-electron chi connectivity index (χ0n) is 11.1. The Morgan fingerprint density at radius 3 is 3.00 bits per heavy atom. The van der Waals surface area contributed by atoms with Gasteiger partial charge in [-0.05, 0) is 25.8 Å². The van der Waals surface area contributed by atoms with E-state index in [4.69, 9.17) is 4.74 Å². The number of aromatic nitrogens is 1. The van der Waals surface area contributed by atoms with Gasteiger partial charge in [0, 0.05) is 24.7 Å². The molecule has 1 amide bonds. The van der Waals surface area contributed by atoms with Crippen molar-refractivity contribution in [1.29, 1.82) is 0 Å². The first-order valence-electron chi connectivity index (χ1n) is 6.78. The summed E-state index contributed by atoms with van der Waals surface area (Å²) in [5.74, 6) is 0.0428. The Morgan fingerprint density at radius 2 is 2.32 bits per heavy atom. The number of likely N-dealkylation sites (tertiary alicyclic amines) is 1. The van der Waals surface area contributed by atoms with Crippen molar-refractivity contribution in [1.82, 2.24) is 9.47 Å². The van der Waals surface area contributed by atoms with Crippen molar-refractivity contribution in [3.8, 4) is 0 Å². The molecule has 5 heteroatoms. The van der Waals surface area contributed by atoms with Crippen LogP contribution < -0.4 is 0 Å². The molecule has 1 aromatic heterocycles. The highest BCUT2D eigenvalue weighted by Crippen LogP contribution is 2.24. The van der Waals surface area contributed by atoms with E-state index in [1.165, 1.54) is 0 Å². The molecule has 3 rings (SSSR count). The van der Waals surface area contributed by atoms with E-state index >= 15 is 0 Å². The molecule has 0 unspecified atom stereocenters. The molecular weight excluding hydrogens is 244 g/mol. The molecule has 0 bridgehead atoms. The van der Waals surface area contributed by atoms with E-state index < -0.39 is 0 Å². The standard InChI is InChI=1S/C14H18N2O3/c1-10-3-2-4-15(10)14(18)12-7-11(8-17)13-9-19-6-5-16(12)13/h7-8,10H,2-6,9H2,1H3/t10-/m0/s1. The lowest BCUT2D eigenvalue weighted by Crippen LogP contribution is -2.35. The van der Waals surface area contributed by atoms with Crippen LogP contribution in [0.4, 0.5) is 0 Å². The highest BCUT2D eigenvalue weighted by atomic mass is 16.5. The minimum Gasteiger partial charge on any atom is -0.373 e. The van der Waals surface area contributed by atoms with Crippen molar-refractivity contribution in [2.24, 2.45) is 0 Å². The molecule has 0 aliphatic carbocycles. The van der Waals surface area contributed by atoms with Gasteiger partial charge in [0.2, 0.25) is 0 Å². The van der Waals surface area contributed by atoms with E-state index in [0.29, 0.717) is 31.0 Å². The molecule has 1 fully saturated rings. The number of fused-ring (bicyclic) bond motifs is 1. The maximum Gasteiger partial charge on any atom is 0.270 e. The van der Waals surface area contributed by atoms with Gasteiger partial charge in [-0.15, -0.1) is 0 Å². The summed E-state index contributed by atoms with van der Waals surface area (Å²) in [6.07, 6.45) is 2.93. The monoisotopic (exact) mass is 262 g/mol. The van der Waals surface area contributed by atoms with Gasteiger partial charge in [0.15, 0.2) is 6.29 Å². The molecule has 1 atom stereocenters. The lowest BCUT2D eigenvalue weighted by molar-refractivity contribution is 0.0687. The SMILES string of the molecule is C[C@H]1CCCN1C(=O)c1cc(C=O)c2n1CCOC2. The van der Waals surface area contributed by atoms with Crippen LogP contribution in [-0.2, 0) is 17.9 Å². The topological polar surface area (TPSA) is 51.5 Å². The minimum atomic E-state index is 0.0428. The van der Waals surface area contributed by atoms with Crippen molar-refractivity contribution < 1.29 is 14.3 Å². The van der Waals surface area contributed by atoms with Gasteiger partial charge in [-0.25, -0.2) is 0 Å². The van der Waals surface area contributed by atoms with Gasteiger partial charge in [-0.1, -0.05) is 0 Å². The Balaban J connectivity index is 1.98. The summed E-state index contributed by atoms with van der Waals surface area (Å²) in [6.45, 7) is 4.54. The van der Waals surface area contributed by atoms with Crippen molar-refractivity contribution in [3.05, 3.63) is 23.0 Å². The molecule has 3 heterocycles. The van der Waals surface area contributed by atoms with Crippen LogP contribution in [0.25, 0.3) is 0 Å². The fraction of sp³-hybridized carbons (Fsp3) is 0.571. The van der Waals surface area contributed by atoms with Crippen molar-refractivity contribution in [2.75, 3.05) is 13.2 Å². The van der Waals surface area contributed by atoms with E-state index in [9.17, 15) is 9.59 Å². The van der Waals surface area contributed by atoms with E-state index in [-0.39, 0.29) is 11.9 Å². The molecule has 102 valence electrons. The number of carbonyl (C=O) groups excluding carboxylic acids is 2. The fourth-order valence-electron chi connectivity index (χ4n) is 3.01. The number of ether oxygens (including phenoxy) is 1. The quantitative estimate of drug-likeness (QED) is 0.758. The second kappa shape index (κ2) is 4.81. The molecule has 0 saturated carbocycles. The van der Waals surface area contributed by atoms with Crippen molar-refractivity contribution in [3.63, 3.8) is 0 Å². The summed E-state index contributed by atoms with van der Waals surface area (Å²) in [7, 11) is 0. The van der Waals surface area contributed by atoms with Crippen LogP contribution in [0.5, 0.6) is 0 Å². The van der Waals surface area contributed by atoms with Crippen molar-refractivity contribution in [2.45, 2.75) is 39.0 Å². The predicted octanol–water partition coefficient (Wildman–Crippen LogP) is 1.46. The van der Waals surface area contributed by atoms with Gasteiger partial charge in [0.25, 0.3) is 5.91 Å². The van der Waals surface area contributed by atoms with Crippen molar-refractivity contribution >= 4 is 12.2 Å². The predicted molar refractivity (Wildman–Crippen MR) is 69.2 cm³/mol. The molecule has 0 spiro atoms. The number of aldehydes is 1. The first-order chi connectivity index (χ1) is 9.22. The molecule has 19 heavy (non-hydrogen) atoms. The van der Waals surface area contributed by atoms with Crippen LogP contribution in [-0.4, -0.2) is 40.9 Å². The van der Waals surface area contributed by atoms with Gasteiger partial charge in [0.05, 0.1) is 18.9 Å². The van der Waals surface area contributed by atoms with Crippen LogP contribution in [0.1, 0.15) is 46.3 Å². The summed E-state index contributed by atoms with van der Waals surface area (Å²) in [4.78, 5) is 25.6. The molecule has 1 saturated heterocycles. The summed E-state index contributed by atoms with van der Waals surface area (Å²) in [6, 6.07) is 2.00. The van der Waals surface area contributed by atoms with E-state index in [0.717, 1.165) is 31.4 Å². The highest BCUT2D eigenvalue weighted by Gasteiger charge is 2.30. The second-order valence-corrected chi connectivity index (χ2v) is 5.24. The van der Waals surface area contributed by atoms with Crippen LogP contribution in [0, 0.1) is 0 Å². The Bertz CT molecular complexity index is 521. The number of hydrogen-bond acceptors (Lipinski definition) is 3. The summed E-state index contributed by atoms with van der Waals surface area (Å²) in [5, 5.41) is 0. The molecule has 0 radical (unpaired) electrons. The lowest BCUT2D eigenvalue weighted by Gasteiger charge is -2.24. The molecule has 1 aromatic rings. The average Bonchev–Trinajstić information content (AvgIpc) is 3.01. The van der Waals surface area contributed by atoms with Gasteiger partial charge < -0.3 is 14.2 Å². The van der Waals surface area contributed by atoms with Gasteiger partial charge in [0.1, 0.15) is 5.69 Å². The maximum atomic E-state index is 12.6. The number of rotatable bonds is 2. The van der Waals surface area contributed by atoms with E-state index in [2.05, 4.69) is 6.92 Å². The van der Waals surface area contributed by atoms with Crippen LogP contribution in [0.15, 0.2) is 6.07 Å². The summed E-state index contributed by atoms with van der Waals surface area (Å²) >= 11 is 0. The van der Waals surface area contributed by atoms with Gasteiger partial charge in [-0.3, -0.25) is 9.59 Å². The van der Waals surface area contributed by atoms with Crippen LogP contribution in [0.3, 0.4) is 0 Å². The molecule has 0 N–H and O–H groups in total. The molecule has 2 aliphatic heterocycles. The molecule has 2 aliphatic rings. The third-order valence-electron chi connectivity index (χ3n) is 4.10. The number of amides is 1. The van der Waals surface area contributed by atoms with Crippen LogP contribution in [0.2, 0.25) is 0 Å². The minimum absolute atomic E-state index is 0.0428. The second-order valence-electron chi connectivity index (χ2n) is 5.24. The molecular formula is C14H18N2O3. The normalized spacial score (nSPS) is 22.4. The van der Waals surface area contributed by atoms with Gasteiger partial charge in [-0.2, -0.15) is 0 Å². The average molecular weight is 262 g/mol. The molecule has 0 aromatic carbocycles. The largest absolute Gasteiger partial charge is 0.373 e. The zero-order valence-corrected chi connectivity index (χ0v) is 11.1. The fourth-order valence-corrected chi connectivity index (χ4v) is 3.01. The maximum absolute atomic E-state index is 12.6. The highest BCUT2D eigenvalue weighted by molar-refractivity contribution is 5.95. The Kier molecular flexibility index (Phi) is 3.14. The first-order valence-corrected chi connectivity index (χ1v) is 6.78. The number of carbonyl (C=O) groups is 2. The van der Waals surface area contributed by atoms with Crippen LogP contribution >= 0.6 is 0 Å². The lowest BCUT2D eigenvalue weighted by atomic mass is 10.2. The van der Waals surface area contributed by atoms with E-state index in [1.807, 2.05) is 9.47 Å². The smallest absolute Gasteiger partial charge is 0.270 e. The Hall–Kier alpha value is -1.62. The number of nitrogens with zero attached hydrogens (tertiary/aromatic N) is 2. The third-order valence-corrected chi connectivity index (χ3v) is 4.10. The first kappa shape index (κ1) is 12.4. The van der Waals surface area contributed by atoms with E-state index in [1.54, 1.807) is 6.07 Å². The Labute approximate surface area is 112 Å². The summed E-state index contributed by atoms with van der Waals surface area (Å²) in [5.41, 5.74) is 2.04. The Morgan fingerprint density at radius 1 is 1.47 bits per heavy atom. The zero-order chi connectivity index (χ0) is 13.4.